The van der Waals surface area contributed by atoms with Crippen molar-refractivity contribution in [2.45, 2.75) is 78.6 Å². The highest BCUT2D eigenvalue weighted by molar-refractivity contribution is 4.61. The molecule has 0 heterocycles. The van der Waals surface area contributed by atoms with Gasteiger partial charge in [-0.25, -0.2) is 0 Å². The Labute approximate surface area is 91.5 Å². The molecule has 1 unspecified atom stereocenters. The molecule has 1 radical (unpaired) electrons. The summed E-state index contributed by atoms with van der Waals surface area (Å²) in [5.41, 5.74) is 0. The van der Waals surface area contributed by atoms with Gasteiger partial charge in [-0.1, -0.05) is 78.6 Å². The summed E-state index contributed by atoms with van der Waals surface area (Å²) in [5, 5.41) is 0. The summed E-state index contributed by atoms with van der Waals surface area (Å²) in [4.78, 5) is 0. The van der Waals surface area contributed by atoms with Gasteiger partial charge in [0.05, 0.1) is 0 Å². The van der Waals surface area contributed by atoms with Crippen molar-refractivity contribution in [3.05, 3.63) is 6.42 Å². The zero-order chi connectivity index (χ0) is 10.6. The van der Waals surface area contributed by atoms with Gasteiger partial charge in [0, 0.05) is 0 Å². The first-order chi connectivity index (χ1) is 6.81. The zero-order valence-corrected chi connectivity index (χ0v) is 10.5. The molecule has 0 saturated heterocycles. The van der Waals surface area contributed by atoms with E-state index in [1.165, 1.54) is 57.8 Å². The van der Waals surface area contributed by atoms with Crippen LogP contribution in [0.4, 0.5) is 0 Å². The molecule has 0 aromatic heterocycles. The van der Waals surface area contributed by atoms with Crippen molar-refractivity contribution in [1.82, 2.24) is 0 Å². The van der Waals surface area contributed by atoms with Crippen molar-refractivity contribution in [2.75, 3.05) is 0 Å². The van der Waals surface area contributed by atoms with Gasteiger partial charge in [-0.15, -0.1) is 0 Å². The minimum Gasteiger partial charge on any atom is -0.0654 e. The molecule has 85 valence electrons. The smallest absolute Gasteiger partial charge is 0.0389 e. The van der Waals surface area contributed by atoms with Crippen LogP contribution in [0.25, 0.3) is 0 Å². The van der Waals surface area contributed by atoms with Crippen LogP contribution in [-0.4, -0.2) is 0 Å². The highest BCUT2D eigenvalue weighted by Crippen LogP contribution is 2.16. The lowest BCUT2D eigenvalue weighted by Gasteiger charge is -2.09. The van der Waals surface area contributed by atoms with E-state index in [2.05, 4.69) is 27.2 Å². The molecule has 0 aromatic carbocycles. The molecule has 0 fully saturated rings. The molecule has 1 atom stereocenters. The molecule has 0 bridgehead atoms. The maximum Gasteiger partial charge on any atom is -0.0389 e. The van der Waals surface area contributed by atoms with Gasteiger partial charge >= 0.3 is 0 Å². The predicted octanol–water partition coefficient (Wildman–Crippen LogP) is 5.38. The minimum atomic E-state index is 0.963. The average molecular weight is 197 g/mol. The molecule has 0 saturated carbocycles. The van der Waals surface area contributed by atoms with Crippen LogP contribution in [0.15, 0.2) is 0 Å². The Morgan fingerprint density at radius 3 is 2.29 bits per heavy atom. The van der Waals surface area contributed by atoms with E-state index in [4.69, 9.17) is 0 Å². The molecule has 0 amide bonds. The molecule has 0 aliphatic rings. The molecular formula is C14H29. The van der Waals surface area contributed by atoms with E-state index in [0.29, 0.717) is 0 Å². The van der Waals surface area contributed by atoms with Crippen molar-refractivity contribution in [3.8, 4) is 0 Å². The van der Waals surface area contributed by atoms with Gasteiger partial charge in [-0.3, -0.25) is 0 Å². The van der Waals surface area contributed by atoms with E-state index < -0.39 is 0 Å². The zero-order valence-electron chi connectivity index (χ0n) is 10.5. The van der Waals surface area contributed by atoms with Gasteiger partial charge in [0.25, 0.3) is 0 Å². The predicted molar refractivity (Wildman–Crippen MR) is 66.4 cm³/mol. The highest BCUT2D eigenvalue weighted by Gasteiger charge is 2.00. The normalized spacial score (nSPS) is 13.1. The third-order valence-corrected chi connectivity index (χ3v) is 2.94. The first-order valence-corrected chi connectivity index (χ1v) is 6.62. The van der Waals surface area contributed by atoms with Crippen LogP contribution < -0.4 is 0 Å². The molecule has 0 N–H and O–H groups in total. The number of hydrogen-bond acceptors (Lipinski definition) is 0. The number of rotatable bonds is 10. The molecule has 0 aliphatic heterocycles. The lowest BCUT2D eigenvalue weighted by Crippen LogP contribution is -1.94. The van der Waals surface area contributed by atoms with Crippen molar-refractivity contribution in [1.29, 1.82) is 0 Å². The largest absolute Gasteiger partial charge is 0.0654 e. The Balaban J connectivity index is 3.02. The summed E-state index contributed by atoms with van der Waals surface area (Å²) in [7, 11) is 0. The molecule has 0 nitrogen and oxygen atoms in total. The Morgan fingerprint density at radius 1 is 0.929 bits per heavy atom. The number of hydrogen-bond donors (Lipinski definition) is 0. The molecule has 0 rings (SSSR count). The van der Waals surface area contributed by atoms with Gasteiger partial charge in [-0.05, 0) is 12.3 Å². The van der Waals surface area contributed by atoms with Crippen LogP contribution in [-0.2, 0) is 0 Å². The minimum absolute atomic E-state index is 0.963. The van der Waals surface area contributed by atoms with Crippen LogP contribution in [0, 0.1) is 12.3 Å². The summed E-state index contributed by atoms with van der Waals surface area (Å²) >= 11 is 0. The summed E-state index contributed by atoms with van der Waals surface area (Å²) in [6, 6.07) is 0. The lowest BCUT2D eigenvalue weighted by molar-refractivity contribution is 0.445. The standard InChI is InChI=1S/C14H29/c1-4-6-8-9-10-11-13-14(3)12-7-5-2/h6,14H,4-5,7-13H2,1-3H3. The second-order valence-corrected chi connectivity index (χ2v) is 4.58. The quantitative estimate of drug-likeness (QED) is 0.413. The summed E-state index contributed by atoms with van der Waals surface area (Å²) < 4.78 is 0. The van der Waals surface area contributed by atoms with E-state index in [-0.39, 0.29) is 0 Å². The van der Waals surface area contributed by atoms with E-state index in [0.717, 1.165) is 5.92 Å². The topological polar surface area (TPSA) is 0 Å². The molecule has 0 aromatic rings. The maximum atomic E-state index is 2.41. The fraction of sp³-hybridized carbons (Fsp3) is 0.929. The van der Waals surface area contributed by atoms with Gasteiger partial charge in [0.15, 0.2) is 0 Å². The molecular weight excluding hydrogens is 168 g/mol. The fourth-order valence-corrected chi connectivity index (χ4v) is 1.86. The monoisotopic (exact) mass is 197 g/mol. The second kappa shape index (κ2) is 11.1. The van der Waals surface area contributed by atoms with Crippen molar-refractivity contribution in [2.24, 2.45) is 5.92 Å². The van der Waals surface area contributed by atoms with E-state index in [9.17, 15) is 0 Å². The summed E-state index contributed by atoms with van der Waals surface area (Å²) in [6.45, 7) is 6.92. The first-order valence-electron chi connectivity index (χ1n) is 6.62. The Kier molecular flexibility index (Phi) is 11.1. The van der Waals surface area contributed by atoms with E-state index in [1.807, 2.05) is 0 Å². The highest BCUT2D eigenvalue weighted by atomic mass is 14.1. The van der Waals surface area contributed by atoms with Crippen LogP contribution in [0.1, 0.15) is 78.6 Å². The van der Waals surface area contributed by atoms with Crippen molar-refractivity contribution < 1.29 is 0 Å². The van der Waals surface area contributed by atoms with Gasteiger partial charge in [-0.2, -0.15) is 0 Å². The van der Waals surface area contributed by atoms with Crippen LogP contribution >= 0.6 is 0 Å². The maximum absolute atomic E-state index is 2.41. The summed E-state index contributed by atoms with van der Waals surface area (Å²) in [6.07, 6.45) is 14.9. The van der Waals surface area contributed by atoms with Crippen LogP contribution in [0.5, 0.6) is 0 Å². The van der Waals surface area contributed by atoms with E-state index >= 15 is 0 Å². The van der Waals surface area contributed by atoms with Gasteiger partial charge in [0.2, 0.25) is 0 Å². The fourth-order valence-electron chi connectivity index (χ4n) is 1.86. The van der Waals surface area contributed by atoms with Gasteiger partial charge in [0.1, 0.15) is 0 Å². The van der Waals surface area contributed by atoms with Crippen LogP contribution in [0.3, 0.4) is 0 Å². The van der Waals surface area contributed by atoms with Crippen LogP contribution in [0.2, 0.25) is 0 Å². The van der Waals surface area contributed by atoms with Crippen molar-refractivity contribution >= 4 is 0 Å². The first kappa shape index (κ1) is 14.0. The third kappa shape index (κ3) is 10.1. The SMILES string of the molecule is CC[CH]CCCCCC(C)CCCC. The molecule has 0 aliphatic carbocycles. The third-order valence-electron chi connectivity index (χ3n) is 2.94. The Morgan fingerprint density at radius 2 is 1.64 bits per heavy atom. The molecule has 14 heavy (non-hydrogen) atoms. The van der Waals surface area contributed by atoms with E-state index in [1.54, 1.807) is 0 Å². The second-order valence-electron chi connectivity index (χ2n) is 4.58. The van der Waals surface area contributed by atoms with Crippen molar-refractivity contribution in [3.63, 3.8) is 0 Å². The summed E-state index contributed by atoms with van der Waals surface area (Å²) in [5.74, 6) is 0.963. The number of unbranched alkanes of at least 4 members (excludes halogenated alkanes) is 6. The molecule has 0 spiro atoms. The average Bonchev–Trinajstić information content (AvgIpc) is 2.20. The molecule has 0 heteroatoms. The Bertz CT molecular complexity index is 96.2. The lowest BCUT2D eigenvalue weighted by atomic mass is 9.97. The Hall–Kier alpha value is 0. The van der Waals surface area contributed by atoms with Gasteiger partial charge < -0.3 is 0 Å².